The van der Waals surface area contributed by atoms with Gasteiger partial charge in [-0.05, 0) is 20.3 Å². The van der Waals surface area contributed by atoms with Crippen LogP contribution in [0.1, 0.15) is 65.7 Å². The Balaban J connectivity index is 3.22. The molecular weight excluding hydrogens is 158 g/mol. The summed E-state index contributed by atoms with van der Waals surface area (Å²) in [5.74, 6) is 0. The van der Waals surface area contributed by atoms with Crippen molar-refractivity contribution < 1.29 is 0 Å². The van der Waals surface area contributed by atoms with Crippen LogP contribution in [-0.2, 0) is 0 Å². The Morgan fingerprint density at radius 3 is 2.08 bits per heavy atom. The minimum atomic E-state index is -0.106. The largest absolute Gasteiger partial charge is 0.198 e. The van der Waals surface area contributed by atoms with Crippen molar-refractivity contribution in [2.24, 2.45) is 5.41 Å². The van der Waals surface area contributed by atoms with Crippen LogP contribution in [0.5, 0.6) is 0 Å². The molecule has 0 atom stereocenters. The quantitative estimate of drug-likeness (QED) is 0.537. The lowest BCUT2D eigenvalue weighted by Crippen LogP contribution is -2.06. The molecule has 0 unspecified atom stereocenters. The van der Waals surface area contributed by atoms with Crippen molar-refractivity contribution in [3.8, 4) is 6.07 Å². The highest BCUT2D eigenvalue weighted by molar-refractivity contribution is 4.91. The summed E-state index contributed by atoms with van der Waals surface area (Å²) in [4.78, 5) is 0. The molecule has 13 heavy (non-hydrogen) atoms. The Labute approximate surface area is 83.1 Å². The smallest absolute Gasteiger partial charge is 0.0683 e. The molecule has 0 spiro atoms. The van der Waals surface area contributed by atoms with Gasteiger partial charge in [0.05, 0.1) is 11.5 Å². The Hall–Kier alpha value is -0.510. The zero-order chi connectivity index (χ0) is 10.2. The van der Waals surface area contributed by atoms with Gasteiger partial charge in [-0.15, -0.1) is 0 Å². The fourth-order valence-corrected chi connectivity index (χ4v) is 1.40. The second-order valence-electron chi connectivity index (χ2n) is 4.51. The molecule has 0 aliphatic heterocycles. The first kappa shape index (κ1) is 12.5. The Morgan fingerprint density at radius 2 is 1.54 bits per heavy atom. The van der Waals surface area contributed by atoms with Gasteiger partial charge in [-0.1, -0.05) is 45.4 Å². The maximum atomic E-state index is 8.78. The van der Waals surface area contributed by atoms with Gasteiger partial charge < -0.3 is 0 Å². The lowest BCUT2D eigenvalue weighted by molar-refractivity contribution is 0.419. The molecule has 0 saturated carbocycles. The molecule has 0 aromatic rings. The molecule has 76 valence electrons. The molecule has 0 N–H and O–H groups in total. The van der Waals surface area contributed by atoms with Gasteiger partial charge in [-0.25, -0.2) is 0 Å². The fourth-order valence-electron chi connectivity index (χ4n) is 1.40. The predicted octanol–water partition coefficient (Wildman–Crippen LogP) is 4.29. The number of hydrogen-bond donors (Lipinski definition) is 0. The van der Waals surface area contributed by atoms with Gasteiger partial charge in [-0.3, -0.25) is 0 Å². The van der Waals surface area contributed by atoms with E-state index >= 15 is 0 Å². The van der Waals surface area contributed by atoms with E-state index in [0.29, 0.717) is 0 Å². The van der Waals surface area contributed by atoms with Crippen molar-refractivity contribution in [1.29, 1.82) is 5.26 Å². The second-order valence-corrected chi connectivity index (χ2v) is 4.51. The van der Waals surface area contributed by atoms with E-state index in [-0.39, 0.29) is 5.41 Å². The molecule has 0 aromatic heterocycles. The van der Waals surface area contributed by atoms with Crippen molar-refractivity contribution in [3.05, 3.63) is 0 Å². The van der Waals surface area contributed by atoms with E-state index in [1.54, 1.807) is 0 Å². The standard InChI is InChI=1S/C12H23N/c1-4-5-6-7-8-9-10-12(2,3)11-13/h4-10H2,1-3H3. The average Bonchev–Trinajstić information content (AvgIpc) is 2.11. The van der Waals surface area contributed by atoms with Crippen LogP contribution in [-0.4, -0.2) is 0 Å². The van der Waals surface area contributed by atoms with Crippen LogP contribution in [0.3, 0.4) is 0 Å². The van der Waals surface area contributed by atoms with E-state index in [1.807, 2.05) is 13.8 Å². The highest BCUT2D eigenvalue weighted by Gasteiger charge is 2.14. The van der Waals surface area contributed by atoms with Gasteiger partial charge in [0, 0.05) is 0 Å². The average molecular weight is 181 g/mol. The first-order valence-electron chi connectivity index (χ1n) is 5.53. The Kier molecular flexibility index (Phi) is 6.68. The minimum Gasteiger partial charge on any atom is -0.198 e. The molecule has 0 aromatic carbocycles. The van der Waals surface area contributed by atoms with Crippen LogP contribution in [0.25, 0.3) is 0 Å². The lowest BCUT2D eigenvalue weighted by Gasteiger charge is -2.13. The predicted molar refractivity (Wildman–Crippen MR) is 57.4 cm³/mol. The topological polar surface area (TPSA) is 23.8 Å². The van der Waals surface area contributed by atoms with E-state index < -0.39 is 0 Å². The van der Waals surface area contributed by atoms with Crippen LogP contribution >= 0.6 is 0 Å². The van der Waals surface area contributed by atoms with E-state index in [0.717, 1.165) is 6.42 Å². The van der Waals surface area contributed by atoms with Crippen molar-refractivity contribution in [3.63, 3.8) is 0 Å². The molecular formula is C12H23N. The Bertz CT molecular complexity index is 153. The molecule has 0 aliphatic carbocycles. The van der Waals surface area contributed by atoms with Crippen molar-refractivity contribution in [1.82, 2.24) is 0 Å². The zero-order valence-electron chi connectivity index (χ0n) is 9.40. The third kappa shape index (κ3) is 7.84. The van der Waals surface area contributed by atoms with Crippen LogP contribution in [0.4, 0.5) is 0 Å². The highest BCUT2D eigenvalue weighted by atomic mass is 14.3. The summed E-state index contributed by atoms with van der Waals surface area (Å²) in [6.45, 7) is 6.29. The third-order valence-electron chi connectivity index (χ3n) is 2.46. The number of rotatable bonds is 7. The number of hydrogen-bond acceptors (Lipinski definition) is 1. The van der Waals surface area contributed by atoms with Gasteiger partial charge in [0.25, 0.3) is 0 Å². The van der Waals surface area contributed by atoms with Gasteiger partial charge >= 0.3 is 0 Å². The number of nitrogens with zero attached hydrogens (tertiary/aromatic N) is 1. The summed E-state index contributed by atoms with van der Waals surface area (Å²) in [5.41, 5.74) is -0.106. The van der Waals surface area contributed by atoms with Gasteiger partial charge in [0.1, 0.15) is 0 Å². The zero-order valence-corrected chi connectivity index (χ0v) is 9.40. The minimum absolute atomic E-state index is 0.106. The third-order valence-corrected chi connectivity index (χ3v) is 2.46. The van der Waals surface area contributed by atoms with Crippen LogP contribution in [0, 0.1) is 16.7 Å². The summed E-state index contributed by atoms with van der Waals surface area (Å²) < 4.78 is 0. The first-order chi connectivity index (χ1) is 6.12. The molecule has 0 radical (unpaired) electrons. The molecule has 0 bridgehead atoms. The van der Waals surface area contributed by atoms with E-state index in [1.165, 1.54) is 38.5 Å². The summed E-state index contributed by atoms with van der Waals surface area (Å²) in [7, 11) is 0. The maximum Gasteiger partial charge on any atom is 0.0683 e. The molecule has 0 fully saturated rings. The molecule has 1 nitrogen and oxygen atoms in total. The Morgan fingerprint density at radius 1 is 1.00 bits per heavy atom. The molecule has 0 amide bonds. The fraction of sp³-hybridized carbons (Fsp3) is 0.917. The summed E-state index contributed by atoms with van der Waals surface area (Å²) in [6, 6.07) is 2.34. The van der Waals surface area contributed by atoms with Gasteiger partial charge in [0.15, 0.2) is 0 Å². The summed E-state index contributed by atoms with van der Waals surface area (Å²) >= 11 is 0. The first-order valence-corrected chi connectivity index (χ1v) is 5.53. The maximum absolute atomic E-state index is 8.78. The number of unbranched alkanes of at least 4 members (excludes halogenated alkanes) is 5. The van der Waals surface area contributed by atoms with Crippen LogP contribution in [0.2, 0.25) is 0 Å². The summed E-state index contributed by atoms with van der Waals surface area (Å²) in [5, 5.41) is 8.78. The van der Waals surface area contributed by atoms with E-state index in [2.05, 4.69) is 13.0 Å². The molecule has 1 heteroatoms. The normalized spacial score (nSPS) is 11.2. The van der Waals surface area contributed by atoms with Crippen LogP contribution in [0.15, 0.2) is 0 Å². The number of nitriles is 1. The highest BCUT2D eigenvalue weighted by Crippen LogP contribution is 2.22. The SMILES string of the molecule is CCCCCCCCC(C)(C)C#N. The van der Waals surface area contributed by atoms with Gasteiger partial charge in [-0.2, -0.15) is 5.26 Å². The van der Waals surface area contributed by atoms with Crippen molar-refractivity contribution >= 4 is 0 Å². The monoisotopic (exact) mass is 181 g/mol. The lowest BCUT2D eigenvalue weighted by atomic mass is 9.88. The van der Waals surface area contributed by atoms with Gasteiger partial charge in [0.2, 0.25) is 0 Å². The molecule has 0 saturated heterocycles. The van der Waals surface area contributed by atoms with E-state index in [9.17, 15) is 0 Å². The van der Waals surface area contributed by atoms with Crippen molar-refractivity contribution in [2.45, 2.75) is 65.7 Å². The molecule has 0 heterocycles. The van der Waals surface area contributed by atoms with Crippen molar-refractivity contribution in [2.75, 3.05) is 0 Å². The second kappa shape index (κ2) is 6.95. The van der Waals surface area contributed by atoms with Crippen LogP contribution < -0.4 is 0 Å². The van der Waals surface area contributed by atoms with E-state index in [4.69, 9.17) is 5.26 Å². The molecule has 0 rings (SSSR count). The summed E-state index contributed by atoms with van der Waals surface area (Å²) in [6.07, 6.45) is 8.94. The molecule has 0 aliphatic rings.